The molecule has 4 atom stereocenters. The van der Waals surface area contributed by atoms with Gasteiger partial charge in [-0.05, 0) is 35.6 Å². The third-order valence-electron chi connectivity index (χ3n) is 5.08. The summed E-state index contributed by atoms with van der Waals surface area (Å²) >= 11 is 5.95. The first-order valence-electron chi connectivity index (χ1n) is 9.14. The minimum absolute atomic E-state index is 0.343. The van der Waals surface area contributed by atoms with Crippen LogP contribution in [0, 0.1) is 11.8 Å². The molecule has 1 heterocycles. The van der Waals surface area contributed by atoms with E-state index in [9.17, 15) is 22.8 Å². The fraction of sp³-hybridized carbons (Fsp3) is 0.333. The molecular weight excluding hydrogens is 405 g/mol. The van der Waals surface area contributed by atoms with Crippen molar-refractivity contribution in [2.24, 2.45) is 11.8 Å². The van der Waals surface area contributed by atoms with Gasteiger partial charge in [-0.3, -0.25) is 9.59 Å². The molecule has 29 heavy (non-hydrogen) atoms. The molecule has 0 aromatic heterocycles. The summed E-state index contributed by atoms with van der Waals surface area (Å²) in [6, 6.07) is 13.5. The first-order valence-corrected chi connectivity index (χ1v) is 9.52. The average molecular weight is 425 g/mol. The lowest BCUT2D eigenvalue weighted by atomic mass is 9.82. The van der Waals surface area contributed by atoms with E-state index in [1.54, 1.807) is 24.3 Å². The molecule has 4 unspecified atom stereocenters. The number of hydrogen-bond donors (Lipinski definition) is 2. The quantitative estimate of drug-likeness (QED) is 0.721. The summed E-state index contributed by atoms with van der Waals surface area (Å²) < 4.78 is 38.9. The first kappa shape index (κ1) is 21.2. The molecule has 2 amide bonds. The van der Waals surface area contributed by atoms with Crippen LogP contribution in [-0.2, 0) is 9.59 Å². The normalized spacial score (nSPS) is 23.2. The van der Waals surface area contributed by atoms with Gasteiger partial charge in [-0.25, -0.2) is 0 Å². The van der Waals surface area contributed by atoms with Crippen LogP contribution in [0.4, 0.5) is 13.2 Å². The van der Waals surface area contributed by atoms with Gasteiger partial charge in [0.05, 0.1) is 6.04 Å². The molecular formula is C21H20ClF3N2O2. The van der Waals surface area contributed by atoms with E-state index in [-0.39, 0.29) is 6.42 Å². The predicted octanol–water partition coefficient (Wildman–Crippen LogP) is 4.25. The Morgan fingerprint density at radius 2 is 1.69 bits per heavy atom. The van der Waals surface area contributed by atoms with Gasteiger partial charge in [0.25, 0.3) is 0 Å². The van der Waals surface area contributed by atoms with Gasteiger partial charge >= 0.3 is 6.18 Å². The molecule has 3 rings (SSSR count). The van der Waals surface area contributed by atoms with E-state index < -0.39 is 41.9 Å². The van der Waals surface area contributed by atoms with Gasteiger partial charge in [0.1, 0.15) is 12.0 Å². The molecule has 1 saturated heterocycles. The molecule has 154 valence electrons. The first-order chi connectivity index (χ1) is 13.7. The number of halogens is 4. The zero-order valence-electron chi connectivity index (χ0n) is 15.5. The van der Waals surface area contributed by atoms with Gasteiger partial charge in [0.2, 0.25) is 11.8 Å². The lowest BCUT2D eigenvalue weighted by Crippen LogP contribution is -2.57. The Morgan fingerprint density at radius 3 is 2.24 bits per heavy atom. The van der Waals surface area contributed by atoms with Crippen LogP contribution in [0.5, 0.6) is 0 Å². The highest BCUT2D eigenvalue weighted by Crippen LogP contribution is 2.33. The summed E-state index contributed by atoms with van der Waals surface area (Å²) in [6.07, 6.45) is -4.88. The molecule has 0 bridgehead atoms. The van der Waals surface area contributed by atoms with Gasteiger partial charge in [-0.15, -0.1) is 0 Å². The standard InChI is InChI=1S/C21H20ClF3N2O2/c1-12-11-16(21(23,24)25)26-19(28)17(12)20(29)27-18(13-5-3-2-4-6-13)14-7-9-15(22)10-8-14/h2-10,12,16-18H,11H2,1H3,(H,26,28)(H,27,29). The number of amides is 2. The van der Waals surface area contributed by atoms with E-state index in [4.69, 9.17) is 11.6 Å². The maximum absolute atomic E-state index is 13.0. The molecule has 0 radical (unpaired) electrons. The maximum atomic E-state index is 13.0. The van der Waals surface area contributed by atoms with Crippen LogP contribution in [0.15, 0.2) is 54.6 Å². The number of hydrogen-bond acceptors (Lipinski definition) is 2. The highest BCUT2D eigenvalue weighted by atomic mass is 35.5. The predicted molar refractivity (Wildman–Crippen MR) is 103 cm³/mol. The van der Waals surface area contributed by atoms with Gasteiger partial charge in [-0.1, -0.05) is 61.0 Å². The number of alkyl halides is 3. The van der Waals surface area contributed by atoms with E-state index in [0.29, 0.717) is 5.02 Å². The Kier molecular flexibility index (Phi) is 6.17. The average Bonchev–Trinajstić information content (AvgIpc) is 2.66. The van der Waals surface area contributed by atoms with Crippen LogP contribution < -0.4 is 10.6 Å². The van der Waals surface area contributed by atoms with E-state index in [1.807, 2.05) is 35.6 Å². The van der Waals surface area contributed by atoms with Gasteiger partial charge in [0, 0.05) is 5.02 Å². The molecule has 4 nitrogen and oxygen atoms in total. The van der Waals surface area contributed by atoms with Crippen LogP contribution in [-0.4, -0.2) is 24.0 Å². The summed E-state index contributed by atoms with van der Waals surface area (Å²) in [5.41, 5.74) is 1.52. The van der Waals surface area contributed by atoms with E-state index in [2.05, 4.69) is 5.32 Å². The number of benzene rings is 2. The number of carbonyl (C=O) groups excluding carboxylic acids is 2. The second-order valence-corrected chi connectivity index (χ2v) is 7.63. The van der Waals surface area contributed by atoms with Crippen molar-refractivity contribution in [3.8, 4) is 0 Å². The SMILES string of the molecule is CC1CC(C(F)(F)F)NC(=O)C1C(=O)NC(c1ccccc1)c1ccc(Cl)cc1. The molecule has 0 aliphatic carbocycles. The smallest absolute Gasteiger partial charge is 0.344 e. The molecule has 0 saturated carbocycles. The number of nitrogens with one attached hydrogen (secondary N) is 2. The van der Waals surface area contributed by atoms with Gasteiger partial charge < -0.3 is 10.6 Å². The van der Waals surface area contributed by atoms with Crippen molar-refractivity contribution in [2.45, 2.75) is 31.6 Å². The van der Waals surface area contributed by atoms with E-state index in [0.717, 1.165) is 11.1 Å². The largest absolute Gasteiger partial charge is 0.408 e. The van der Waals surface area contributed by atoms with Crippen molar-refractivity contribution in [3.05, 3.63) is 70.7 Å². The molecule has 1 aliphatic heterocycles. The van der Waals surface area contributed by atoms with Crippen LogP contribution >= 0.6 is 11.6 Å². The zero-order valence-corrected chi connectivity index (χ0v) is 16.3. The van der Waals surface area contributed by atoms with E-state index in [1.165, 1.54) is 6.92 Å². The summed E-state index contributed by atoms with van der Waals surface area (Å²) in [7, 11) is 0. The Bertz CT molecular complexity index is 872. The van der Waals surface area contributed by atoms with Crippen LogP contribution in [0.3, 0.4) is 0 Å². The van der Waals surface area contributed by atoms with Crippen molar-refractivity contribution in [1.29, 1.82) is 0 Å². The minimum Gasteiger partial charge on any atom is -0.344 e. The van der Waals surface area contributed by atoms with Crippen molar-refractivity contribution >= 4 is 23.4 Å². The minimum atomic E-state index is -4.54. The third-order valence-corrected chi connectivity index (χ3v) is 5.33. The zero-order chi connectivity index (χ0) is 21.2. The summed E-state index contributed by atoms with van der Waals surface area (Å²) in [5.74, 6) is -3.48. The van der Waals surface area contributed by atoms with E-state index >= 15 is 0 Å². The topological polar surface area (TPSA) is 58.2 Å². The summed E-state index contributed by atoms with van der Waals surface area (Å²) in [6.45, 7) is 1.49. The lowest BCUT2D eigenvalue weighted by molar-refractivity contribution is -0.175. The fourth-order valence-electron chi connectivity index (χ4n) is 3.57. The second-order valence-electron chi connectivity index (χ2n) is 7.20. The third kappa shape index (κ3) is 4.90. The van der Waals surface area contributed by atoms with Gasteiger partial charge in [0.15, 0.2) is 0 Å². The lowest BCUT2D eigenvalue weighted by Gasteiger charge is -2.35. The Morgan fingerprint density at radius 1 is 1.10 bits per heavy atom. The molecule has 2 N–H and O–H groups in total. The molecule has 2 aromatic rings. The van der Waals surface area contributed by atoms with Gasteiger partial charge in [-0.2, -0.15) is 13.2 Å². The van der Waals surface area contributed by atoms with Crippen molar-refractivity contribution in [1.82, 2.24) is 10.6 Å². The summed E-state index contributed by atoms with van der Waals surface area (Å²) in [5, 5.41) is 5.30. The summed E-state index contributed by atoms with van der Waals surface area (Å²) in [4.78, 5) is 25.2. The second kappa shape index (κ2) is 8.45. The van der Waals surface area contributed by atoms with Crippen molar-refractivity contribution < 1.29 is 22.8 Å². The Balaban J connectivity index is 1.83. The molecule has 0 spiro atoms. The van der Waals surface area contributed by atoms with Crippen molar-refractivity contribution in [2.75, 3.05) is 0 Å². The fourth-order valence-corrected chi connectivity index (χ4v) is 3.70. The van der Waals surface area contributed by atoms with Crippen LogP contribution in [0.1, 0.15) is 30.5 Å². The van der Waals surface area contributed by atoms with Crippen molar-refractivity contribution in [3.63, 3.8) is 0 Å². The molecule has 1 fully saturated rings. The monoisotopic (exact) mass is 424 g/mol. The molecule has 1 aliphatic rings. The molecule has 8 heteroatoms. The number of piperidine rings is 1. The highest BCUT2D eigenvalue weighted by Gasteiger charge is 2.49. The maximum Gasteiger partial charge on any atom is 0.408 e. The van der Waals surface area contributed by atoms with Crippen LogP contribution in [0.2, 0.25) is 5.02 Å². The number of rotatable bonds is 4. The highest BCUT2D eigenvalue weighted by molar-refractivity contribution is 6.30. The Hall–Kier alpha value is -2.54. The Labute approximate surface area is 171 Å². The molecule has 2 aromatic carbocycles. The number of carbonyl (C=O) groups is 2. The van der Waals surface area contributed by atoms with Crippen LogP contribution in [0.25, 0.3) is 0 Å².